The molecule has 0 saturated carbocycles. The predicted octanol–water partition coefficient (Wildman–Crippen LogP) is 0.535. The number of anilines is 1. The summed E-state index contributed by atoms with van der Waals surface area (Å²) in [6, 6.07) is 5.69. The average molecular weight is 459 g/mol. The van der Waals surface area contributed by atoms with Crippen LogP contribution in [0.3, 0.4) is 0 Å². The van der Waals surface area contributed by atoms with Crippen LogP contribution < -0.4 is 10.6 Å². The molecule has 1 amide bonds. The van der Waals surface area contributed by atoms with E-state index in [1.807, 2.05) is 30.1 Å². The van der Waals surface area contributed by atoms with E-state index in [1.54, 1.807) is 4.68 Å². The van der Waals surface area contributed by atoms with Crippen molar-refractivity contribution in [2.45, 2.75) is 19.4 Å². The molecule has 2 N–H and O–H groups in total. The molecule has 0 unspecified atom stereocenters. The van der Waals surface area contributed by atoms with E-state index in [-0.39, 0.29) is 11.5 Å². The van der Waals surface area contributed by atoms with Crippen LogP contribution in [-0.2, 0) is 23.6 Å². The first-order valence-corrected chi connectivity index (χ1v) is 12.2. The van der Waals surface area contributed by atoms with E-state index in [4.69, 9.17) is 5.73 Å². The maximum atomic E-state index is 12.5. The molecule has 1 saturated heterocycles. The van der Waals surface area contributed by atoms with Crippen molar-refractivity contribution >= 4 is 32.9 Å². The minimum atomic E-state index is -3.38. The highest BCUT2D eigenvalue weighted by Crippen LogP contribution is 2.24. The van der Waals surface area contributed by atoms with Gasteiger partial charge in [0.15, 0.2) is 0 Å². The van der Waals surface area contributed by atoms with Crippen LogP contribution in [0.25, 0.3) is 11.0 Å². The zero-order valence-electron chi connectivity index (χ0n) is 18.0. The minimum absolute atomic E-state index is 0.230. The molecule has 1 fully saturated rings. The van der Waals surface area contributed by atoms with Crippen molar-refractivity contribution in [3.63, 3.8) is 0 Å². The Balaban J connectivity index is 1.40. The van der Waals surface area contributed by atoms with E-state index in [0.29, 0.717) is 32.1 Å². The number of benzene rings is 1. The summed E-state index contributed by atoms with van der Waals surface area (Å²) in [6.07, 6.45) is 5.74. The summed E-state index contributed by atoms with van der Waals surface area (Å²) in [5, 5.41) is 8.07. The van der Waals surface area contributed by atoms with Gasteiger partial charge in [0.25, 0.3) is 5.91 Å². The van der Waals surface area contributed by atoms with Gasteiger partial charge in [-0.1, -0.05) is 11.3 Å². The number of piperidine rings is 1. The largest absolute Gasteiger partial charge is 0.366 e. The van der Waals surface area contributed by atoms with Gasteiger partial charge in [0.2, 0.25) is 16.0 Å². The van der Waals surface area contributed by atoms with Crippen LogP contribution in [-0.4, -0.2) is 69.5 Å². The molecule has 4 rings (SSSR count). The second-order valence-electron chi connectivity index (χ2n) is 8.16. The molecule has 1 aliphatic rings. The first-order chi connectivity index (χ1) is 15.2. The van der Waals surface area contributed by atoms with Gasteiger partial charge < -0.3 is 10.6 Å². The third-order valence-corrected chi connectivity index (χ3v) is 7.00. The Morgan fingerprint density at radius 1 is 1.22 bits per heavy atom. The van der Waals surface area contributed by atoms with Gasteiger partial charge >= 0.3 is 0 Å². The second kappa shape index (κ2) is 8.79. The lowest BCUT2D eigenvalue weighted by Crippen LogP contribution is -2.41. The maximum Gasteiger partial charge on any atom is 0.251 e. The molecule has 0 bridgehead atoms. The van der Waals surface area contributed by atoms with Crippen LogP contribution in [0.2, 0.25) is 0 Å². The van der Waals surface area contributed by atoms with Gasteiger partial charge in [-0.2, -0.15) is 4.31 Å². The Morgan fingerprint density at radius 3 is 2.53 bits per heavy atom. The molecular formula is C20H26N8O3S. The van der Waals surface area contributed by atoms with E-state index >= 15 is 0 Å². The fourth-order valence-corrected chi connectivity index (χ4v) is 4.78. The number of aromatic nitrogens is 5. The van der Waals surface area contributed by atoms with Crippen molar-refractivity contribution in [2.75, 3.05) is 30.8 Å². The fourth-order valence-electron chi connectivity index (χ4n) is 3.91. The Hall–Kier alpha value is -3.12. The lowest BCUT2D eigenvalue weighted by Gasteiger charge is -2.34. The van der Waals surface area contributed by atoms with Crippen LogP contribution in [0.5, 0.6) is 0 Å². The Kier molecular flexibility index (Phi) is 6.07. The molecule has 32 heavy (non-hydrogen) atoms. The number of amides is 1. The smallest absolute Gasteiger partial charge is 0.251 e. The number of rotatable bonds is 7. The van der Waals surface area contributed by atoms with E-state index in [1.165, 1.54) is 23.0 Å². The summed E-state index contributed by atoms with van der Waals surface area (Å²) < 4.78 is 28.2. The lowest BCUT2D eigenvalue weighted by atomic mass is 9.97. The summed E-state index contributed by atoms with van der Waals surface area (Å²) in [6.45, 7) is 2.18. The number of carbonyl (C=O) groups is 1. The molecule has 0 spiro atoms. The van der Waals surface area contributed by atoms with Gasteiger partial charge in [0.1, 0.15) is 5.52 Å². The highest BCUT2D eigenvalue weighted by Gasteiger charge is 2.26. The summed E-state index contributed by atoms with van der Waals surface area (Å²) in [5.41, 5.74) is 8.05. The Bertz CT molecular complexity index is 1220. The minimum Gasteiger partial charge on any atom is -0.366 e. The van der Waals surface area contributed by atoms with E-state index in [0.717, 1.165) is 29.4 Å². The first kappa shape index (κ1) is 22.1. The van der Waals surface area contributed by atoms with E-state index < -0.39 is 15.9 Å². The molecule has 1 aromatic carbocycles. The lowest BCUT2D eigenvalue weighted by molar-refractivity contribution is 0.0999. The standard InChI is InChI=1S/C20H26N8O3S/c1-26-18-9-15(3-4-17(18)24-25-26)13-28(32(2,30)31)12-14-5-7-27(8-6-14)20-22-10-16(11-23-20)19(21)29/h3-4,9-11,14H,5-8,12-13H2,1-2H3,(H2,21,29). The number of hydrogen-bond acceptors (Lipinski definition) is 8. The summed E-state index contributed by atoms with van der Waals surface area (Å²) in [7, 11) is -1.57. The first-order valence-electron chi connectivity index (χ1n) is 10.3. The Labute approximate surface area is 186 Å². The van der Waals surface area contributed by atoms with Crippen LogP contribution in [0.1, 0.15) is 28.8 Å². The maximum absolute atomic E-state index is 12.5. The highest BCUT2D eigenvalue weighted by atomic mass is 32.2. The number of nitrogens with two attached hydrogens (primary N) is 1. The molecule has 3 heterocycles. The summed E-state index contributed by atoms with van der Waals surface area (Å²) in [4.78, 5) is 21.7. The summed E-state index contributed by atoms with van der Waals surface area (Å²) >= 11 is 0. The molecular weight excluding hydrogens is 432 g/mol. The third kappa shape index (κ3) is 4.86. The predicted molar refractivity (Wildman–Crippen MR) is 119 cm³/mol. The number of aryl methyl sites for hydroxylation is 1. The number of carbonyl (C=O) groups excluding carboxylic acids is 1. The number of hydrogen-bond donors (Lipinski definition) is 1. The molecule has 2 aromatic heterocycles. The van der Waals surface area contributed by atoms with Gasteiger partial charge in [-0.25, -0.2) is 23.1 Å². The monoisotopic (exact) mass is 458 g/mol. The zero-order valence-corrected chi connectivity index (χ0v) is 18.9. The molecule has 170 valence electrons. The normalized spacial score (nSPS) is 15.5. The molecule has 0 atom stereocenters. The number of sulfonamides is 1. The van der Waals surface area contributed by atoms with Gasteiger partial charge in [0.05, 0.1) is 17.3 Å². The number of fused-ring (bicyclic) bond motifs is 1. The van der Waals surface area contributed by atoms with Crippen LogP contribution in [0.15, 0.2) is 30.6 Å². The van der Waals surface area contributed by atoms with Crippen LogP contribution >= 0.6 is 0 Å². The molecule has 0 radical (unpaired) electrons. The quantitative estimate of drug-likeness (QED) is 0.541. The average Bonchev–Trinajstić information content (AvgIpc) is 3.13. The molecule has 0 aliphatic carbocycles. The highest BCUT2D eigenvalue weighted by molar-refractivity contribution is 7.88. The van der Waals surface area contributed by atoms with Gasteiger partial charge in [-0.05, 0) is 36.5 Å². The number of nitrogens with zero attached hydrogens (tertiary/aromatic N) is 7. The SMILES string of the molecule is Cn1nnc2ccc(CN(CC3CCN(c4ncc(C(N)=O)cn4)CC3)S(C)(=O)=O)cc21. The summed E-state index contributed by atoms with van der Waals surface area (Å²) in [5.74, 6) is 0.217. The molecule has 3 aromatic rings. The van der Waals surface area contributed by atoms with Gasteiger partial charge in [0, 0.05) is 45.6 Å². The van der Waals surface area contributed by atoms with Crippen molar-refractivity contribution in [2.24, 2.45) is 18.7 Å². The molecule has 12 heteroatoms. The van der Waals surface area contributed by atoms with Crippen molar-refractivity contribution in [3.8, 4) is 0 Å². The third-order valence-electron chi connectivity index (χ3n) is 5.78. The van der Waals surface area contributed by atoms with Crippen LogP contribution in [0.4, 0.5) is 5.95 Å². The van der Waals surface area contributed by atoms with Crippen molar-refractivity contribution in [1.29, 1.82) is 0 Å². The zero-order chi connectivity index (χ0) is 22.9. The van der Waals surface area contributed by atoms with E-state index in [9.17, 15) is 13.2 Å². The van der Waals surface area contributed by atoms with Crippen LogP contribution in [0, 0.1) is 5.92 Å². The van der Waals surface area contributed by atoms with Crippen molar-refractivity contribution in [1.82, 2.24) is 29.3 Å². The van der Waals surface area contributed by atoms with Gasteiger partial charge in [-0.15, -0.1) is 5.10 Å². The van der Waals surface area contributed by atoms with Crippen molar-refractivity contribution in [3.05, 3.63) is 41.7 Å². The van der Waals surface area contributed by atoms with Crippen molar-refractivity contribution < 1.29 is 13.2 Å². The molecule has 1 aliphatic heterocycles. The van der Waals surface area contributed by atoms with Gasteiger partial charge in [-0.3, -0.25) is 4.79 Å². The Morgan fingerprint density at radius 2 is 1.91 bits per heavy atom. The van der Waals surface area contributed by atoms with E-state index in [2.05, 4.69) is 20.3 Å². The number of primary amides is 1. The fraction of sp³-hybridized carbons (Fsp3) is 0.450. The molecule has 11 nitrogen and oxygen atoms in total. The topological polar surface area (TPSA) is 140 Å². The second-order valence-corrected chi connectivity index (χ2v) is 10.1.